The van der Waals surface area contributed by atoms with E-state index in [1.807, 2.05) is 31.2 Å². The molecule has 1 heterocycles. The molecule has 0 aliphatic rings. The first-order valence-electron chi connectivity index (χ1n) is 4.84. The van der Waals surface area contributed by atoms with Gasteiger partial charge in [-0.2, -0.15) is 0 Å². The molecule has 2 aromatic rings. The van der Waals surface area contributed by atoms with Gasteiger partial charge in [0.2, 0.25) is 0 Å². The first kappa shape index (κ1) is 11.7. The van der Waals surface area contributed by atoms with Gasteiger partial charge in [-0.05, 0) is 52.2 Å². The van der Waals surface area contributed by atoms with Gasteiger partial charge in [0.1, 0.15) is 5.76 Å². The molecule has 0 aliphatic heterocycles. The molecule has 0 radical (unpaired) electrons. The molecule has 0 saturated heterocycles. The molecule has 1 aromatic carbocycles. The Balaban J connectivity index is 2.45. The minimum absolute atomic E-state index is 0.303. The van der Waals surface area contributed by atoms with Crippen LogP contribution in [0.15, 0.2) is 39.4 Å². The van der Waals surface area contributed by atoms with Crippen molar-refractivity contribution in [3.63, 3.8) is 0 Å². The third-order valence-electron chi connectivity index (χ3n) is 2.50. The molecule has 0 fully saturated rings. The van der Waals surface area contributed by atoms with Crippen molar-refractivity contribution in [2.24, 2.45) is 5.73 Å². The molecule has 16 heavy (non-hydrogen) atoms. The second-order valence-electron chi connectivity index (χ2n) is 3.61. The Bertz CT molecular complexity index is 509. The van der Waals surface area contributed by atoms with Crippen LogP contribution in [0.25, 0.3) is 0 Å². The molecular weight excluding hydrogens is 289 g/mol. The molecule has 2 nitrogen and oxygen atoms in total. The highest BCUT2D eigenvalue weighted by Gasteiger charge is 2.17. The van der Waals surface area contributed by atoms with E-state index in [4.69, 9.17) is 21.8 Å². The van der Waals surface area contributed by atoms with Crippen molar-refractivity contribution < 1.29 is 4.42 Å². The fourth-order valence-corrected chi connectivity index (χ4v) is 2.24. The normalized spacial score (nSPS) is 12.8. The highest BCUT2D eigenvalue weighted by atomic mass is 79.9. The van der Waals surface area contributed by atoms with Crippen LogP contribution in [0.4, 0.5) is 0 Å². The fraction of sp³-hybridized carbons (Fsp3) is 0.167. The molecule has 0 amide bonds. The number of hydrogen-bond donors (Lipinski definition) is 1. The average molecular weight is 301 g/mol. The number of halogens is 2. The summed E-state index contributed by atoms with van der Waals surface area (Å²) in [5.41, 5.74) is 8.22. The minimum Gasteiger partial charge on any atom is -0.466 e. The summed E-state index contributed by atoms with van der Waals surface area (Å²) in [6, 6.07) is 7.20. The first-order chi connectivity index (χ1) is 7.59. The van der Waals surface area contributed by atoms with E-state index in [-0.39, 0.29) is 6.04 Å². The molecule has 2 rings (SSSR count). The van der Waals surface area contributed by atoms with E-state index in [1.54, 1.807) is 6.26 Å². The third-order valence-corrected chi connectivity index (χ3v) is 3.39. The van der Waals surface area contributed by atoms with Crippen LogP contribution < -0.4 is 5.73 Å². The van der Waals surface area contributed by atoms with Crippen LogP contribution in [0.1, 0.15) is 22.9 Å². The van der Waals surface area contributed by atoms with Gasteiger partial charge in [-0.15, -0.1) is 0 Å². The lowest BCUT2D eigenvalue weighted by molar-refractivity contribution is 0.487. The molecular formula is C12H11BrClNO. The SMILES string of the molecule is Cc1ccc(Cl)cc1C(N)c1occc1Br. The molecule has 0 bridgehead atoms. The van der Waals surface area contributed by atoms with Gasteiger partial charge in [-0.3, -0.25) is 0 Å². The van der Waals surface area contributed by atoms with E-state index in [2.05, 4.69) is 15.9 Å². The van der Waals surface area contributed by atoms with Crippen molar-refractivity contribution in [1.29, 1.82) is 0 Å². The number of benzene rings is 1. The molecule has 84 valence electrons. The summed E-state index contributed by atoms with van der Waals surface area (Å²) < 4.78 is 6.23. The number of furan rings is 1. The van der Waals surface area contributed by atoms with Gasteiger partial charge < -0.3 is 10.2 Å². The van der Waals surface area contributed by atoms with Gasteiger partial charge in [0, 0.05) is 5.02 Å². The van der Waals surface area contributed by atoms with Gasteiger partial charge in [-0.1, -0.05) is 17.7 Å². The molecule has 0 aliphatic carbocycles. The van der Waals surface area contributed by atoms with Crippen LogP contribution in [-0.4, -0.2) is 0 Å². The summed E-state index contributed by atoms with van der Waals surface area (Å²) in [6.07, 6.45) is 1.61. The van der Waals surface area contributed by atoms with Crippen LogP contribution in [-0.2, 0) is 0 Å². The lowest BCUT2D eigenvalue weighted by atomic mass is 10.0. The Labute approximate surface area is 108 Å². The van der Waals surface area contributed by atoms with Crippen LogP contribution in [0.2, 0.25) is 5.02 Å². The Hall–Kier alpha value is -0.770. The predicted molar refractivity (Wildman–Crippen MR) is 68.6 cm³/mol. The van der Waals surface area contributed by atoms with E-state index in [1.165, 1.54) is 0 Å². The number of hydrogen-bond acceptors (Lipinski definition) is 2. The molecule has 0 saturated carbocycles. The fourth-order valence-electron chi connectivity index (χ4n) is 1.61. The molecule has 1 unspecified atom stereocenters. The molecule has 0 spiro atoms. The Morgan fingerprint density at radius 1 is 1.38 bits per heavy atom. The molecule has 2 N–H and O–H groups in total. The van der Waals surface area contributed by atoms with Gasteiger partial charge in [0.05, 0.1) is 16.8 Å². The van der Waals surface area contributed by atoms with E-state index < -0.39 is 0 Å². The lowest BCUT2D eigenvalue weighted by Crippen LogP contribution is -2.12. The van der Waals surface area contributed by atoms with Crippen LogP contribution in [0, 0.1) is 6.92 Å². The maximum absolute atomic E-state index is 6.15. The predicted octanol–water partition coefficient (Wildman–Crippen LogP) is 4.05. The summed E-state index contributed by atoms with van der Waals surface area (Å²) in [5.74, 6) is 0.713. The van der Waals surface area contributed by atoms with Gasteiger partial charge in [-0.25, -0.2) is 0 Å². The zero-order chi connectivity index (χ0) is 11.7. The average Bonchev–Trinajstić information content (AvgIpc) is 2.67. The number of nitrogens with two attached hydrogens (primary N) is 1. The summed E-state index contributed by atoms with van der Waals surface area (Å²) >= 11 is 9.36. The summed E-state index contributed by atoms with van der Waals surface area (Å²) in [5, 5.41) is 0.679. The molecule has 4 heteroatoms. The van der Waals surface area contributed by atoms with E-state index in [0.717, 1.165) is 15.6 Å². The standard InChI is InChI=1S/C12H11BrClNO/c1-7-2-3-8(14)6-9(7)11(15)12-10(13)4-5-16-12/h2-6,11H,15H2,1H3. The van der Waals surface area contributed by atoms with Crippen molar-refractivity contribution in [3.8, 4) is 0 Å². The largest absolute Gasteiger partial charge is 0.466 e. The van der Waals surface area contributed by atoms with Crippen LogP contribution in [0.3, 0.4) is 0 Å². The van der Waals surface area contributed by atoms with Crippen molar-refractivity contribution in [1.82, 2.24) is 0 Å². The van der Waals surface area contributed by atoms with Gasteiger partial charge >= 0.3 is 0 Å². The first-order valence-corrected chi connectivity index (χ1v) is 6.01. The summed E-state index contributed by atoms with van der Waals surface area (Å²) in [6.45, 7) is 2.00. The van der Waals surface area contributed by atoms with Crippen LogP contribution in [0.5, 0.6) is 0 Å². The summed E-state index contributed by atoms with van der Waals surface area (Å²) in [4.78, 5) is 0. The van der Waals surface area contributed by atoms with Crippen LogP contribution >= 0.6 is 27.5 Å². The topological polar surface area (TPSA) is 39.2 Å². The van der Waals surface area contributed by atoms with E-state index in [0.29, 0.717) is 10.8 Å². The zero-order valence-corrected chi connectivity index (χ0v) is 11.0. The second kappa shape index (κ2) is 4.62. The van der Waals surface area contributed by atoms with Crippen molar-refractivity contribution >= 4 is 27.5 Å². The molecule has 1 aromatic heterocycles. The van der Waals surface area contributed by atoms with Gasteiger partial charge in [0.15, 0.2) is 0 Å². The zero-order valence-electron chi connectivity index (χ0n) is 8.71. The third kappa shape index (κ3) is 2.17. The van der Waals surface area contributed by atoms with E-state index in [9.17, 15) is 0 Å². The minimum atomic E-state index is -0.303. The monoisotopic (exact) mass is 299 g/mol. The number of rotatable bonds is 2. The van der Waals surface area contributed by atoms with Crippen molar-refractivity contribution in [2.75, 3.05) is 0 Å². The van der Waals surface area contributed by atoms with E-state index >= 15 is 0 Å². The molecule has 1 atom stereocenters. The lowest BCUT2D eigenvalue weighted by Gasteiger charge is -2.13. The maximum Gasteiger partial charge on any atom is 0.139 e. The Kier molecular flexibility index (Phi) is 3.38. The Morgan fingerprint density at radius 2 is 2.12 bits per heavy atom. The van der Waals surface area contributed by atoms with Crippen molar-refractivity contribution in [3.05, 3.63) is 56.9 Å². The smallest absolute Gasteiger partial charge is 0.139 e. The maximum atomic E-state index is 6.15. The quantitative estimate of drug-likeness (QED) is 0.908. The van der Waals surface area contributed by atoms with Crippen molar-refractivity contribution in [2.45, 2.75) is 13.0 Å². The number of aryl methyl sites for hydroxylation is 1. The summed E-state index contributed by atoms with van der Waals surface area (Å²) in [7, 11) is 0. The second-order valence-corrected chi connectivity index (χ2v) is 4.90. The highest BCUT2D eigenvalue weighted by Crippen LogP contribution is 2.30. The van der Waals surface area contributed by atoms with Gasteiger partial charge in [0.25, 0.3) is 0 Å². The Morgan fingerprint density at radius 3 is 2.75 bits per heavy atom. The highest BCUT2D eigenvalue weighted by molar-refractivity contribution is 9.10.